The maximum Gasteiger partial charge on any atom is 0.335 e. The Bertz CT molecular complexity index is 540. The molecule has 0 unspecified atom stereocenters. The van der Waals surface area contributed by atoms with E-state index in [1.807, 2.05) is 11.0 Å². The number of hydrogen-bond donors (Lipinski definition) is 2. The highest BCUT2D eigenvalue weighted by atomic mass is 16.4. The first-order valence-corrected chi connectivity index (χ1v) is 7.33. The standard InChI is InChI=1S/C16H22N2O3/c1-11(2)17-7-5-15(19)18-8-6-12-3-4-13(16(20)21)9-14(12)10-18/h3-4,9,11,17H,5-8,10H2,1-2H3,(H,20,21). The summed E-state index contributed by atoms with van der Waals surface area (Å²) in [6.45, 7) is 6.00. The summed E-state index contributed by atoms with van der Waals surface area (Å²) in [4.78, 5) is 25.0. The highest BCUT2D eigenvalue weighted by molar-refractivity contribution is 5.88. The normalized spacial score (nSPS) is 14.1. The first-order chi connectivity index (χ1) is 9.97. The number of benzene rings is 1. The van der Waals surface area contributed by atoms with Gasteiger partial charge in [0.1, 0.15) is 0 Å². The Morgan fingerprint density at radius 1 is 1.33 bits per heavy atom. The van der Waals surface area contributed by atoms with Crippen molar-refractivity contribution in [1.82, 2.24) is 10.2 Å². The van der Waals surface area contributed by atoms with Gasteiger partial charge in [0.2, 0.25) is 5.91 Å². The van der Waals surface area contributed by atoms with Gasteiger partial charge in [0.15, 0.2) is 0 Å². The van der Waals surface area contributed by atoms with Crippen LogP contribution in [0.25, 0.3) is 0 Å². The van der Waals surface area contributed by atoms with Gasteiger partial charge in [0, 0.05) is 32.1 Å². The lowest BCUT2D eigenvalue weighted by Gasteiger charge is -2.29. The molecule has 0 saturated carbocycles. The van der Waals surface area contributed by atoms with Crippen molar-refractivity contribution < 1.29 is 14.7 Å². The van der Waals surface area contributed by atoms with Crippen molar-refractivity contribution in [3.63, 3.8) is 0 Å². The zero-order valence-corrected chi connectivity index (χ0v) is 12.6. The molecule has 0 aliphatic carbocycles. The van der Waals surface area contributed by atoms with Crippen molar-refractivity contribution in [1.29, 1.82) is 0 Å². The van der Waals surface area contributed by atoms with E-state index < -0.39 is 5.97 Å². The van der Waals surface area contributed by atoms with E-state index in [0.29, 0.717) is 32.1 Å². The molecule has 1 heterocycles. The number of carbonyl (C=O) groups is 2. The Morgan fingerprint density at radius 2 is 2.10 bits per heavy atom. The summed E-state index contributed by atoms with van der Waals surface area (Å²) >= 11 is 0. The molecule has 21 heavy (non-hydrogen) atoms. The van der Waals surface area contributed by atoms with Crippen molar-refractivity contribution in [2.24, 2.45) is 0 Å². The second kappa shape index (κ2) is 6.72. The number of fused-ring (bicyclic) bond motifs is 1. The van der Waals surface area contributed by atoms with Gasteiger partial charge in [-0.2, -0.15) is 0 Å². The van der Waals surface area contributed by atoms with E-state index in [1.165, 1.54) is 0 Å². The molecule has 114 valence electrons. The molecule has 0 bridgehead atoms. The molecule has 1 aliphatic heterocycles. The van der Waals surface area contributed by atoms with Crippen LogP contribution < -0.4 is 5.32 Å². The fraction of sp³-hybridized carbons (Fsp3) is 0.500. The molecule has 0 atom stereocenters. The van der Waals surface area contributed by atoms with Crippen molar-refractivity contribution in [2.75, 3.05) is 13.1 Å². The smallest absolute Gasteiger partial charge is 0.335 e. The molecule has 0 saturated heterocycles. The predicted octanol–water partition coefficient (Wildman–Crippen LogP) is 1.66. The summed E-state index contributed by atoms with van der Waals surface area (Å²) in [6, 6.07) is 5.55. The van der Waals surface area contributed by atoms with E-state index in [0.717, 1.165) is 17.5 Å². The summed E-state index contributed by atoms with van der Waals surface area (Å²) in [5.74, 6) is -0.808. The second-order valence-electron chi connectivity index (χ2n) is 5.71. The van der Waals surface area contributed by atoms with Gasteiger partial charge < -0.3 is 15.3 Å². The lowest BCUT2D eigenvalue weighted by Crippen LogP contribution is -2.38. The van der Waals surface area contributed by atoms with E-state index in [1.54, 1.807) is 12.1 Å². The molecule has 2 N–H and O–H groups in total. The molecule has 5 heteroatoms. The van der Waals surface area contributed by atoms with Gasteiger partial charge in [-0.05, 0) is 29.7 Å². The Hall–Kier alpha value is -1.88. The van der Waals surface area contributed by atoms with E-state index >= 15 is 0 Å². The molecule has 0 aromatic heterocycles. The largest absolute Gasteiger partial charge is 0.478 e. The third kappa shape index (κ3) is 4.04. The number of amides is 1. The average molecular weight is 290 g/mol. The minimum Gasteiger partial charge on any atom is -0.478 e. The Labute approximate surface area is 125 Å². The van der Waals surface area contributed by atoms with Gasteiger partial charge in [-0.15, -0.1) is 0 Å². The molecular weight excluding hydrogens is 268 g/mol. The summed E-state index contributed by atoms with van der Waals surface area (Å²) in [6.07, 6.45) is 1.27. The first kappa shape index (κ1) is 15.5. The Kier molecular flexibility index (Phi) is 4.96. The fourth-order valence-corrected chi connectivity index (χ4v) is 2.53. The van der Waals surface area contributed by atoms with Crippen molar-refractivity contribution >= 4 is 11.9 Å². The number of carbonyl (C=O) groups excluding carboxylic acids is 1. The maximum atomic E-state index is 12.2. The predicted molar refractivity (Wildman–Crippen MR) is 80.3 cm³/mol. The number of nitrogens with zero attached hydrogens (tertiary/aromatic N) is 1. The third-order valence-corrected chi connectivity index (χ3v) is 3.71. The monoisotopic (exact) mass is 290 g/mol. The van der Waals surface area contributed by atoms with Crippen LogP contribution in [0.1, 0.15) is 41.8 Å². The topological polar surface area (TPSA) is 69.6 Å². The summed E-state index contributed by atoms with van der Waals surface area (Å²) in [5.41, 5.74) is 2.38. The number of hydrogen-bond acceptors (Lipinski definition) is 3. The summed E-state index contributed by atoms with van der Waals surface area (Å²) in [5, 5.41) is 12.3. The molecule has 1 aromatic rings. The summed E-state index contributed by atoms with van der Waals surface area (Å²) in [7, 11) is 0. The van der Waals surface area contributed by atoms with Crippen LogP contribution >= 0.6 is 0 Å². The average Bonchev–Trinajstić information content (AvgIpc) is 2.45. The van der Waals surface area contributed by atoms with Gasteiger partial charge in [-0.1, -0.05) is 19.9 Å². The SMILES string of the molecule is CC(C)NCCC(=O)N1CCc2ccc(C(=O)O)cc2C1. The molecule has 0 fully saturated rings. The molecule has 0 spiro atoms. The molecular formula is C16H22N2O3. The van der Waals surface area contributed by atoms with E-state index in [9.17, 15) is 9.59 Å². The van der Waals surface area contributed by atoms with Gasteiger partial charge in [0.25, 0.3) is 0 Å². The number of carboxylic acids is 1. The molecule has 2 rings (SSSR count). The van der Waals surface area contributed by atoms with Crippen LogP contribution in [-0.4, -0.2) is 41.0 Å². The first-order valence-electron chi connectivity index (χ1n) is 7.33. The minimum atomic E-state index is -0.928. The highest BCUT2D eigenvalue weighted by Gasteiger charge is 2.21. The molecule has 1 amide bonds. The van der Waals surface area contributed by atoms with Crippen LogP contribution in [0.4, 0.5) is 0 Å². The van der Waals surface area contributed by atoms with Crippen molar-refractivity contribution in [3.05, 3.63) is 34.9 Å². The highest BCUT2D eigenvalue weighted by Crippen LogP contribution is 2.21. The van der Waals surface area contributed by atoms with Gasteiger partial charge in [-0.3, -0.25) is 4.79 Å². The van der Waals surface area contributed by atoms with Crippen molar-refractivity contribution in [2.45, 2.75) is 39.3 Å². The van der Waals surface area contributed by atoms with Crippen LogP contribution in [0.2, 0.25) is 0 Å². The van der Waals surface area contributed by atoms with Crippen LogP contribution in [0, 0.1) is 0 Å². The fourth-order valence-electron chi connectivity index (χ4n) is 2.53. The number of aromatic carboxylic acids is 1. The van der Waals surface area contributed by atoms with Gasteiger partial charge >= 0.3 is 5.97 Å². The zero-order chi connectivity index (χ0) is 15.4. The molecule has 1 aliphatic rings. The van der Waals surface area contributed by atoms with E-state index in [2.05, 4.69) is 19.2 Å². The number of nitrogens with one attached hydrogen (secondary N) is 1. The summed E-state index contributed by atoms with van der Waals surface area (Å²) < 4.78 is 0. The van der Waals surface area contributed by atoms with E-state index in [-0.39, 0.29) is 11.5 Å². The Balaban J connectivity index is 1.99. The lowest BCUT2D eigenvalue weighted by atomic mass is 9.97. The van der Waals surface area contributed by atoms with Gasteiger partial charge in [0.05, 0.1) is 5.56 Å². The maximum absolute atomic E-state index is 12.2. The van der Waals surface area contributed by atoms with Crippen LogP contribution in [0.15, 0.2) is 18.2 Å². The molecule has 0 radical (unpaired) electrons. The second-order valence-corrected chi connectivity index (χ2v) is 5.71. The van der Waals surface area contributed by atoms with Crippen molar-refractivity contribution in [3.8, 4) is 0 Å². The quantitative estimate of drug-likeness (QED) is 0.865. The zero-order valence-electron chi connectivity index (χ0n) is 12.6. The van der Waals surface area contributed by atoms with Crippen LogP contribution in [-0.2, 0) is 17.8 Å². The van der Waals surface area contributed by atoms with Crippen LogP contribution in [0.5, 0.6) is 0 Å². The van der Waals surface area contributed by atoms with Gasteiger partial charge in [-0.25, -0.2) is 4.79 Å². The lowest BCUT2D eigenvalue weighted by molar-refractivity contribution is -0.132. The molecule has 1 aromatic carbocycles. The molecule has 5 nitrogen and oxygen atoms in total. The third-order valence-electron chi connectivity index (χ3n) is 3.71. The minimum absolute atomic E-state index is 0.120. The number of carboxylic acid groups (broad SMARTS) is 1. The number of rotatable bonds is 5. The Morgan fingerprint density at radius 3 is 2.76 bits per heavy atom. The van der Waals surface area contributed by atoms with E-state index in [4.69, 9.17) is 5.11 Å². The van der Waals surface area contributed by atoms with Crippen LogP contribution in [0.3, 0.4) is 0 Å².